The quantitative estimate of drug-likeness (QED) is 0.163. The summed E-state index contributed by atoms with van der Waals surface area (Å²) in [5, 5.41) is 13.0. The van der Waals surface area contributed by atoms with Gasteiger partial charge in [-0.2, -0.15) is 0 Å². The van der Waals surface area contributed by atoms with Crippen molar-refractivity contribution in [1.29, 1.82) is 0 Å². The summed E-state index contributed by atoms with van der Waals surface area (Å²) >= 11 is 0. The largest absolute Gasteiger partial charge is 0.310 e. The zero-order valence-corrected chi connectivity index (χ0v) is 24.3. The molecule has 0 spiro atoms. The molecule has 0 amide bonds. The molecule has 4 heterocycles. The van der Waals surface area contributed by atoms with Crippen LogP contribution >= 0.6 is 0 Å². The van der Waals surface area contributed by atoms with E-state index in [4.69, 9.17) is 0 Å². The Labute approximate surface area is 258 Å². The first-order chi connectivity index (χ1) is 22.3. The minimum Gasteiger partial charge on any atom is -0.310 e. The minimum atomic E-state index is 0.143. The number of benzene rings is 8. The second-order valence-electron chi connectivity index (χ2n) is 12.9. The van der Waals surface area contributed by atoms with Gasteiger partial charge in [0.1, 0.15) is 0 Å². The van der Waals surface area contributed by atoms with Crippen molar-refractivity contribution in [2.45, 2.75) is 0 Å². The van der Waals surface area contributed by atoms with Gasteiger partial charge >= 0.3 is 0 Å². The summed E-state index contributed by atoms with van der Waals surface area (Å²) in [6.45, 7) is 0.143. The molecule has 0 bridgehead atoms. The van der Waals surface area contributed by atoms with Crippen molar-refractivity contribution in [1.82, 2.24) is 9.13 Å². The van der Waals surface area contributed by atoms with Crippen molar-refractivity contribution in [3.05, 3.63) is 140 Å². The Kier molecular flexibility index (Phi) is 3.85. The van der Waals surface area contributed by atoms with Crippen molar-refractivity contribution in [3.8, 4) is 11.4 Å². The third-order valence-electron chi connectivity index (χ3n) is 10.8. The standard InChI is InChI=1S/C42H23BN2/c1-3-11-26-21-36-32(19-24(26)9-1)30-15-7-17-34-40(30)44(36)38-23-28-13-5-6-14-29(28)42-39(38)43(34)35-18-8-16-31-33-20-25-10-2-4-12-27(25)22-37(33)45(42)41(31)35/h1-23H. The van der Waals surface area contributed by atoms with E-state index in [2.05, 4.69) is 149 Å². The predicted octanol–water partition coefficient (Wildman–Crippen LogP) is 8.48. The van der Waals surface area contributed by atoms with Gasteiger partial charge in [-0.05, 0) is 73.7 Å². The molecule has 2 aromatic heterocycles. The van der Waals surface area contributed by atoms with Crippen molar-refractivity contribution in [2.24, 2.45) is 0 Å². The van der Waals surface area contributed by atoms with Gasteiger partial charge in [0.25, 0.3) is 6.71 Å². The highest BCUT2D eigenvalue weighted by molar-refractivity contribution is 7.00. The molecule has 0 radical (unpaired) electrons. The Hall–Kier alpha value is -5.80. The van der Waals surface area contributed by atoms with E-state index in [-0.39, 0.29) is 6.71 Å². The number of para-hydroxylation sites is 2. The number of fused-ring (bicyclic) bond motifs is 14. The molecule has 3 heteroatoms. The Bertz CT molecular complexity index is 2990. The fourth-order valence-corrected chi connectivity index (χ4v) is 9.02. The lowest BCUT2D eigenvalue weighted by molar-refractivity contribution is 1.16. The van der Waals surface area contributed by atoms with Crippen LogP contribution in [0.3, 0.4) is 0 Å². The molecule has 0 saturated carbocycles. The van der Waals surface area contributed by atoms with Gasteiger partial charge in [-0.25, -0.2) is 0 Å². The molecule has 0 fully saturated rings. The maximum atomic E-state index is 2.61. The van der Waals surface area contributed by atoms with Gasteiger partial charge in [0.2, 0.25) is 0 Å². The molecule has 0 atom stereocenters. The van der Waals surface area contributed by atoms with Gasteiger partial charge in [0.15, 0.2) is 0 Å². The van der Waals surface area contributed by atoms with Crippen LogP contribution in [-0.2, 0) is 0 Å². The average molecular weight is 566 g/mol. The summed E-state index contributed by atoms with van der Waals surface area (Å²) in [7, 11) is 0. The van der Waals surface area contributed by atoms with Crippen LogP contribution in [0.4, 0.5) is 0 Å². The van der Waals surface area contributed by atoms with Crippen LogP contribution < -0.4 is 16.4 Å². The summed E-state index contributed by atoms with van der Waals surface area (Å²) < 4.78 is 5.19. The topological polar surface area (TPSA) is 9.86 Å². The summed E-state index contributed by atoms with van der Waals surface area (Å²) in [4.78, 5) is 0. The van der Waals surface area contributed by atoms with Crippen LogP contribution in [0.1, 0.15) is 0 Å². The first-order valence-corrected chi connectivity index (χ1v) is 15.8. The number of aromatic nitrogens is 2. The Balaban J connectivity index is 1.36. The molecular formula is C42H23BN2. The highest BCUT2D eigenvalue weighted by Gasteiger charge is 2.41. The predicted molar refractivity (Wildman–Crippen MR) is 192 cm³/mol. The summed E-state index contributed by atoms with van der Waals surface area (Å²) in [6, 6.07) is 52.6. The summed E-state index contributed by atoms with van der Waals surface area (Å²) in [6.07, 6.45) is 0. The second-order valence-corrected chi connectivity index (χ2v) is 12.9. The molecule has 0 aliphatic carbocycles. The number of rotatable bonds is 0. The van der Waals surface area contributed by atoms with Crippen molar-refractivity contribution in [2.75, 3.05) is 0 Å². The molecule has 0 unspecified atom stereocenters. The van der Waals surface area contributed by atoms with Gasteiger partial charge in [0.05, 0.1) is 16.7 Å². The van der Waals surface area contributed by atoms with E-state index in [1.54, 1.807) is 0 Å². The Morgan fingerprint density at radius 3 is 1.49 bits per heavy atom. The SMILES string of the molecule is c1ccc2cc3c(cc2c1)c1cccc2c1n3-c1cc3ccccc3c3c1B2c1cccc2c4cc5ccccc5cc4n-3c12. The van der Waals surface area contributed by atoms with E-state index in [1.165, 1.54) is 104 Å². The van der Waals surface area contributed by atoms with E-state index in [0.29, 0.717) is 0 Å². The molecule has 0 N–H and O–H groups in total. The van der Waals surface area contributed by atoms with Crippen LogP contribution in [0.2, 0.25) is 0 Å². The number of nitrogens with zero attached hydrogens (tertiary/aromatic N) is 2. The monoisotopic (exact) mass is 566 g/mol. The zero-order valence-electron chi connectivity index (χ0n) is 24.3. The number of hydrogen-bond acceptors (Lipinski definition) is 0. The highest BCUT2D eigenvalue weighted by atomic mass is 15.0. The fraction of sp³-hybridized carbons (Fsp3) is 0. The third-order valence-corrected chi connectivity index (χ3v) is 10.8. The van der Waals surface area contributed by atoms with Gasteiger partial charge in [0, 0.05) is 43.7 Å². The lowest BCUT2D eigenvalue weighted by Gasteiger charge is -2.34. The van der Waals surface area contributed by atoms with E-state index in [0.717, 1.165) is 0 Å². The normalized spacial score (nSPS) is 13.3. The van der Waals surface area contributed by atoms with Crippen LogP contribution in [0.25, 0.3) is 87.3 Å². The zero-order chi connectivity index (χ0) is 29.0. The third kappa shape index (κ3) is 2.58. The van der Waals surface area contributed by atoms with Crippen LogP contribution in [0.5, 0.6) is 0 Å². The molecule has 2 nitrogen and oxygen atoms in total. The van der Waals surface area contributed by atoms with Crippen molar-refractivity contribution >= 4 is 99.0 Å². The molecule has 204 valence electrons. The molecule has 45 heavy (non-hydrogen) atoms. The average Bonchev–Trinajstić information content (AvgIpc) is 3.59. The van der Waals surface area contributed by atoms with Crippen LogP contribution in [0, 0.1) is 0 Å². The van der Waals surface area contributed by atoms with Gasteiger partial charge < -0.3 is 9.13 Å². The molecule has 2 aliphatic rings. The van der Waals surface area contributed by atoms with Crippen LogP contribution in [-0.4, -0.2) is 15.8 Å². The van der Waals surface area contributed by atoms with Gasteiger partial charge in [-0.15, -0.1) is 0 Å². The van der Waals surface area contributed by atoms with E-state index >= 15 is 0 Å². The smallest absolute Gasteiger partial charge is 0.252 e. The van der Waals surface area contributed by atoms with E-state index in [9.17, 15) is 0 Å². The Morgan fingerprint density at radius 2 is 0.867 bits per heavy atom. The number of hydrogen-bond donors (Lipinski definition) is 0. The van der Waals surface area contributed by atoms with Gasteiger partial charge in [-0.1, -0.05) is 109 Å². The van der Waals surface area contributed by atoms with E-state index in [1.807, 2.05) is 0 Å². The molecule has 8 aromatic carbocycles. The highest BCUT2D eigenvalue weighted by Crippen LogP contribution is 2.42. The summed E-state index contributed by atoms with van der Waals surface area (Å²) in [5.74, 6) is 0. The Morgan fingerprint density at radius 1 is 0.378 bits per heavy atom. The summed E-state index contributed by atoms with van der Waals surface area (Å²) in [5.41, 5.74) is 12.1. The van der Waals surface area contributed by atoms with Gasteiger partial charge in [-0.3, -0.25) is 0 Å². The van der Waals surface area contributed by atoms with Crippen LogP contribution in [0.15, 0.2) is 140 Å². The fourth-order valence-electron chi connectivity index (χ4n) is 9.02. The second kappa shape index (κ2) is 7.64. The molecule has 0 saturated heterocycles. The lowest BCUT2D eigenvalue weighted by atomic mass is 9.34. The van der Waals surface area contributed by atoms with Crippen molar-refractivity contribution < 1.29 is 0 Å². The molecule has 2 aliphatic heterocycles. The lowest BCUT2D eigenvalue weighted by Crippen LogP contribution is -2.59. The molecular weight excluding hydrogens is 543 g/mol. The van der Waals surface area contributed by atoms with E-state index < -0.39 is 0 Å². The van der Waals surface area contributed by atoms with Crippen molar-refractivity contribution in [3.63, 3.8) is 0 Å². The first-order valence-electron chi connectivity index (χ1n) is 15.8. The minimum absolute atomic E-state index is 0.143. The maximum absolute atomic E-state index is 2.61. The maximum Gasteiger partial charge on any atom is 0.252 e. The first kappa shape index (κ1) is 22.7. The molecule has 10 aromatic rings. The molecule has 12 rings (SSSR count).